The van der Waals surface area contributed by atoms with Crippen LogP contribution in [0.1, 0.15) is 34.8 Å². The second kappa shape index (κ2) is 6.55. The molecule has 2 aliphatic heterocycles. The Hall–Kier alpha value is -3.13. The van der Waals surface area contributed by atoms with Gasteiger partial charge in [0.15, 0.2) is 17.3 Å². The highest BCUT2D eigenvalue weighted by Crippen LogP contribution is 2.44. The zero-order valence-corrected chi connectivity index (χ0v) is 14.8. The maximum atomic E-state index is 5.57. The van der Waals surface area contributed by atoms with Gasteiger partial charge in [0, 0.05) is 11.5 Å². The number of tetrazole rings is 1. The SMILES string of the molecule is COc1ccc(C2[NH2+]CC(c3ccc4c(c3)OCO4)[C@H]2c2nn[nH]n2)cc1. The summed E-state index contributed by atoms with van der Waals surface area (Å²) in [7, 11) is 1.68. The molecule has 0 amide bonds. The van der Waals surface area contributed by atoms with Crippen molar-refractivity contribution in [3.8, 4) is 17.2 Å². The summed E-state index contributed by atoms with van der Waals surface area (Å²) in [6.45, 7) is 1.20. The van der Waals surface area contributed by atoms with Crippen molar-refractivity contribution in [3.63, 3.8) is 0 Å². The van der Waals surface area contributed by atoms with Gasteiger partial charge in [0.25, 0.3) is 0 Å². The molecular weight excluding hydrogens is 346 g/mol. The molecule has 0 aliphatic carbocycles. The van der Waals surface area contributed by atoms with E-state index in [1.165, 1.54) is 11.1 Å². The van der Waals surface area contributed by atoms with E-state index in [2.05, 4.69) is 50.2 Å². The van der Waals surface area contributed by atoms with Crippen molar-refractivity contribution in [3.05, 3.63) is 59.4 Å². The zero-order valence-electron chi connectivity index (χ0n) is 14.8. The van der Waals surface area contributed by atoms with Crippen LogP contribution in [0.25, 0.3) is 0 Å². The fourth-order valence-electron chi connectivity index (χ4n) is 4.14. The standard InChI is InChI=1S/C19H19N5O3/c1-25-13-5-2-11(3-6-13)18-17(19-21-23-24-22-19)14(9-20-18)12-4-7-15-16(8-12)27-10-26-15/h2-8,14,17-18,20H,9-10H2,1H3,(H,21,22,23,24)/p+1/t14?,17-,18?/m1/s1. The number of H-pyrrole nitrogens is 1. The number of hydrogen-bond acceptors (Lipinski definition) is 6. The molecule has 2 aromatic carbocycles. The van der Waals surface area contributed by atoms with Crippen molar-refractivity contribution < 1.29 is 19.5 Å². The minimum absolute atomic E-state index is 0.0949. The number of aromatic amines is 1. The van der Waals surface area contributed by atoms with Gasteiger partial charge in [0.1, 0.15) is 11.8 Å². The predicted octanol–water partition coefficient (Wildman–Crippen LogP) is 1.12. The van der Waals surface area contributed by atoms with Gasteiger partial charge in [-0.05, 0) is 42.0 Å². The van der Waals surface area contributed by atoms with Crippen molar-refractivity contribution in [2.45, 2.75) is 17.9 Å². The summed E-state index contributed by atoms with van der Waals surface area (Å²) in [5.74, 6) is 3.50. The van der Waals surface area contributed by atoms with Crippen molar-refractivity contribution in [2.75, 3.05) is 20.4 Å². The normalized spacial score (nSPS) is 23.5. The van der Waals surface area contributed by atoms with E-state index in [0.717, 1.165) is 29.6 Å². The molecule has 8 nitrogen and oxygen atoms in total. The third kappa shape index (κ3) is 2.78. The molecule has 8 heteroatoms. The van der Waals surface area contributed by atoms with E-state index in [4.69, 9.17) is 14.2 Å². The zero-order chi connectivity index (χ0) is 18.2. The number of methoxy groups -OCH3 is 1. The van der Waals surface area contributed by atoms with Crippen molar-refractivity contribution in [1.82, 2.24) is 20.6 Å². The van der Waals surface area contributed by atoms with E-state index in [9.17, 15) is 0 Å². The summed E-state index contributed by atoms with van der Waals surface area (Å²) in [6, 6.07) is 14.5. The number of aromatic nitrogens is 4. The maximum absolute atomic E-state index is 5.57. The molecule has 138 valence electrons. The molecule has 1 fully saturated rings. The summed E-state index contributed by atoms with van der Waals surface area (Å²) in [5.41, 5.74) is 2.41. The largest absolute Gasteiger partial charge is 0.497 e. The monoisotopic (exact) mass is 366 g/mol. The van der Waals surface area contributed by atoms with Crippen molar-refractivity contribution in [1.29, 1.82) is 0 Å². The minimum atomic E-state index is 0.0949. The van der Waals surface area contributed by atoms with Crippen LogP contribution in [0.5, 0.6) is 17.2 Å². The van der Waals surface area contributed by atoms with Gasteiger partial charge in [-0.1, -0.05) is 11.3 Å². The number of ether oxygens (including phenoxy) is 3. The highest BCUT2D eigenvalue weighted by atomic mass is 16.7. The highest BCUT2D eigenvalue weighted by molar-refractivity contribution is 5.46. The fourth-order valence-corrected chi connectivity index (χ4v) is 4.14. The molecule has 27 heavy (non-hydrogen) atoms. The van der Waals surface area contributed by atoms with Gasteiger partial charge in [-0.2, -0.15) is 5.21 Å². The fraction of sp³-hybridized carbons (Fsp3) is 0.316. The lowest BCUT2D eigenvalue weighted by atomic mass is 9.82. The lowest BCUT2D eigenvalue weighted by Crippen LogP contribution is -2.82. The first-order valence-electron chi connectivity index (χ1n) is 8.93. The molecule has 0 bridgehead atoms. The molecule has 1 aromatic heterocycles. The number of benzene rings is 2. The number of rotatable bonds is 4. The van der Waals surface area contributed by atoms with Crippen LogP contribution in [-0.2, 0) is 0 Å². The van der Waals surface area contributed by atoms with Crippen LogP contribution < -0.4 is 19.5 Å². The summed E-state index contributed by atoms with van der Waals surface area (Å²) in [6.07, 6.45) is 0. The Morgan fingerprint density at radius 1 is 1.07 bits per heavy atom. The second-order valence-corrected chi connectivity index (χ2v) is 6.79. The second-order valence-electron chi connectivity index (χ2n) is 6.79. The van der Waals surface area contributed by atoms with Gasteiger partial charge in [-0.25, -0.2) is 0 Å². The Morgan fingerprint density at radius 2 is 1.89 bits per heavy atom. The molecule has 0 radical (unpaired) electrons. The van der Waals surface area contributed by atoms with E-state index in [1.807, 2.05) is 18.2 Å². The Labute approximate surface area is 155 Å². The summed E-state index contributed by atoms with van der Waals surface area (Å²) in [4.78, 5) is 0. The Morgan fingerprint density at radius 3 is 2.67 bits per heavy atom. The van der Waals surface area contributed by atoms with Crippen LogP contribution in [0.15, 0.2) is 42.5 Å². The lowest BCUT2D eigenvalue weighted by Gasteiger charge is -2.19. The molecule has 3 atom stereocenters. The van der Waals surface area contributed by atoms with Gasteiger partial charge in [0.05, 0.1) is 19.6 Å². The Balaban J connectivity index is 1.52. The van der Waals surface area contributed by atoms with E-state index in [-0.39, 0.29) is 24.7 Å². The Bertz CT molecular complexity index is 929. The van der Waals surface area contributed by atoms with E-state index in [1.54, 1.807) is 7.11 Å². The summed E-state index contributed by atoms with van der Waals surface area (Å²) >= 11 is 0. The smallest absolute Gasteiger partial charge is 0.231 e. The first-order chi connectivity index (χ1) is 13.3. The van der Waals surface area contributed by atoms with Crippen molar-refractivity contribution >= 4 is 0 Å². The molecular formula is C19H20N5O3+. The predicted molar refractivity (Wildman–Crippen MR) is 94.8 cm³/mol. The molecule has 1 saturated heterocycles. The van der Waals surface area contributed by atoms with Gasteiger partial charge < -0.3 is 19.5 Å². The van der Waals surface area contributed by atoms with Gasteiger partial charge in [-0.15, -0.1) is 10.2 Å². The number of nitrogens with two attached hydrogens (primary N) is 1. The van der Waals surface area contributed by atoms with Crippen molar-refractivity contribution in [2.24, 2.45) is 0 Å². The quantitative estimate of drug-likeness (QED) is 0.718. The molecule has 2 aliphatic rings. The average Bonchev–Trinajstić information content (AvgIpc) is 3.46. The topological polar surface area (TPSA) is 98.8 Å². The Kier molecular flexibility index (Phi) is 3.90. The summed E-state index contributed by atoms with van der Waals surface area (Å²) in [5, 5.41) is 17.4. The molecule has 2 unspecified atom stereocenters. The van der Waals surface area contributed by atoms with E-state index in [0.29, 0.717) is 0 Å². The van der Waals surface area contributed by atoms with E-state index < -0.39 is 0 Å². The molecule has 3 N–H and O–H groups in total. The number of quaternary nitrogens is 1. The molecule has 0 saturated carbocycles. The van der Waals surface area contributed by atoms with Crippen LogP contribution in [0, 0.1) is 0 Å². The highest BCUT2D eigenvalue weighted by Gasteiger charge is 2.45. The molecule has 5 rings (SSSR count). The molecule has 0 spiro atoms. The third-order valence-electron chi connectivity index (χ3n) is 5.45. The van der Waals surface area contributed by atoms with E-state index >= 15 is 0 Å². The third-order valence-corrected chi connectivity index (χ3v) is 5.45. The number of nitrogens with zero attached hydrogens (tertiary/aromatic N) is 3. The number of nitrogens with one attached hydrogen (secondary N) is 1. The van der Waals surface area contributed by atoms with Gasteiger partial charge in [0.2, 0.25) is 6.79 Å². The van der Waals surface area contributed by atoms with Gasteiger partial charge >= 0.3 is 0 Å². The average molecular weight is 366 g/mol. The minimum Gasteiger partial charge on any atom is -0.497 e. The van der Waals surface area contributed by atoms with Gasteiger partial charge in [-0.3, -0.25) is 0 Å². The van der Waals surface area contributed by atoms with Crippen LogP contribution in [0.3, 0.4) is 0 Å². The maximum Gasteiger partial charge on any atom is 0.231 e. The summed E-state index contributed by atoms with van der Waals surface area (Å²) < 4.78 is 16.3. The first-order valence-corrected chi connectivity index (χ1v) is 8.93. The van der Waals surface area contributed by atoms with Crippen LogP contribution in [0.2, 0.25) is 0 Å². The van der Waals surface area contributed by atoms with Crippen LogP contribution >= 0.6 is 0 Å². The first kappa shape index (κ1) is 16.1. The molecule has 3 heterocycles. The van der Waals surface area contributed by atoms with Crippen LogP contribution in [0.4, 0.5) is 0 Å². The lowest BCUT2D eigenvalue weighted by molar-refractivity contribution is -0.678. The number of fused-ring (bicyclic) bond motifs is 1. The van der Waals surface area contributed by atoms with Crippen LogP contribution in [-0.4, -0.2) is 41.1 Å². The number of hydrogen-bond donors (Lipinski definition) is 2. The molecule has 3 aromatic rings.